The molecule has 2 rings (SSSR count). The molecule has 0 aliphatic rings. The van der Waals surface area contributed by atoms with E-state index in [-0.39, 0.29) is 11.5 Å². The Hall–Kier alpha value is -2.82. The Balaban J connectivity index is 2.19. The van der Waals surface area contributed by atoms with Crippen molar-refractivity contribution in [3.8, 4) is 11.5 Å². The van der Waals surface area contributed by atoms with Crippen molar-refractivity contribution >= 4 is 11.9 Å². The van der Waals surface area contributed by atoms with Gasteiger partial charge in [0.25, 0.3) is 0 Å². The van der Waals surface area contributed by atoms with Crippen molar-refractivity contribution in [1.82, 2.24) is 4.90 Å². The van der Waals surface area contributed by atoms with Crippen molar-refractivity contribution in [2.45, 2.75) is 13.5 Å². The molecular weight excluding hydrogens is 294 g/mol. The first-order chi connectivity index (χ1) is 11.0. The smallest absolute Gasteiger partial charge is 0.414 e. The van der Waals surface area contributed by atoms with E-state index in [9.17, 15) is 9.59 Å². The number of amides is 1. The van der Waals surface area contributed by atoms with Crippen molar-refractivity contribution in [2.24, 2.45) is 0 Å². The zero-order valence-electron chi connectivity index (χ0n) is 13.4. The molecule has 0 aliphatic carbocycles. The maximum absolute atomic E-state index is 11.7. The van der Waals surface area contributed by atoms with Gasteiger partial charge in [-0.25, -0.2) is 4.79 Å². The SMILES string of the molecule is CC(=O)c1cc(OCc2ccccc2)cc(OC(=O)N(C)C)c1. The summed E-state index contributed by atoms with van der Waals surface area (Å²) in [7, 11) is 3.17. The van der Waals surface area contributed by atoms with Crippen LogP contribution in [0.15, 0.2) is 48.5 Å². The van der Waals surface area contributed by atoms with Crippen LogP contribution in [0.4, 0.5) is 4.79 Å². The van der Waals surface area contributed by atoms with Gasteiger partial charge in [0, 0.05) is 25.7 Å². The Bertz CT molecular complexity index is 695. The molecule has 2 aromatic carbocycles. The third-order valence-electron chi connectivity index (χ3n) is 3.11. The predicted octanol–water partition coefficient (Wildman–Crippen LogP) is 3.53. The normalized spacial score (nSPS) is 10.0. The molecule has 0 spiro atoms. The fourth-order valence-corrected chi connectivity index (χ4v) is 1.85. The van der Waals surface area contributed by atoms with Gasteiger partial charge in [-0.2, -0.15) is 0 Å². The summed E-state index contributed by atoms with van der Waals surface area (Å²) in [6.45, 7) is 1.82. The van der Waals surface area contributed by atoms with E-state index in [2.05, 4.69) is 0 Å². The van der Waals surface area contributed by atoms with Gasteiger partial charge in [-0.15, -0.1) is 0 Å². The third kappa shape index (κ3) is 4.85. The summed E-state index contributed by atoms with van der Waals surface area (Å²) in [5.74, 6) is 0.625. The van der Waals surface area contributed by atoms with Crippen LogP contribution < -0.4 is 9.47 Å². The molecule has 5 nitrogen and oxygen atoms in total. The molecule has 0 radical (unpaired) electrons. The predicted molar refractivity (Wildman–Crippen MR) is 86.9 cm³/mol. The van der Waals surface area contributed by atoms with Crippen molar-refractivity contribution in [3.05, 3.63) is 59.7 Å². The zero-order valence-corrected chi connectivity index (χ0v) is 13.4. The minimum Gasteiger partial charge on any atom is -0.489 e. The van der Waals surface area contributed by atoms with Crippen molar-refractivity contribution in [1.29, 1.82) is 0 Å². The summed E-state index contributed by atoms with van der Waals surface area (Å²) in [5, 5.41) is 0. The molecule has 120 valence electrons. The maximum atomic E-state index is 11.7. The van der Waals surface area contributed by atoms with Crippen LogP contribution in [-0.4, -0.2) is 30.9 Å². The van der Waals surface area contributed by atoms with Crippen LogP contribution in [0.25, 0.3) is 0 Å². The highest BCUT2D eigenvalue weighted by molar-refractivity contribution is 5.95. The second-order valence-electron chi connectivity index (χ2n) is 5.29. The lowest BCUT2D eigenvalue weighted by Crippen LogP contribution is -2.25. The summed E-state index contributed by atoms with van der Waals surface area (Å²) >= 11 is 0. The second kappa shape index (κ2) is 7.45. The van der Waals surface area contributed by atoms with Crippen molar-refractivity contribution in [2.75, 3.05) is 14.1 Å². The first kappa shape index (κ1) is 16.5. The molecule has 0 N–H and O–H groups in total. The molecule has 0 atom stereocenters. The average Bonchev–Trinajstić information content (AvgIpc) is 2.53. The van der Waals surface area contributed by atoms with Gasteiger partial charge < -0.3 is 14.4 Å². The Morgan fingerprint density at radius 2 is 1.65 bits per heavy atom. The fourth-order valence-electron chi connectivity index (χ4n) is 1.85. The van der Waals surface area contributed by atoms with E-state index < -0.39 is 6.09 Å². The lowest BCUT2D eigenvalue weighted by Gasteiger charge is -2.13. The molecule has 0 unspecified atom stereocenters. The largest absolute Gasteiger partial charge is 0.489 e. The lowest BCUT2D eigenvalue weighted by molar-refractivity contribution is 0.101. The lowest BCUT2D eigenvalue weighted by atomic mass is 10.1. The van der Waals surface area contributed by atoms with Gasteiger partial charge in [-0.05, 0) is 24.6 Å². The number of hydrogen-bond acceptors (Lipinski definition) is 4. The fraction of sp³-hybridized carbons (Fsp3) is 0.222. The Labute approximate surface area is 135 Å². The van der Waals surface area contributed by atoms with Crippen molar-refractivity contribution in [3.63, 3.8) is 0 Å². The Kier molecular flexibility index (Phi) is 5.36. The summed E-state index contributed by atoms with van der Waals surface area (Å²) in [5.41, 5.74) is 1.43. The first-order valence-corrected chi connectivity index (χ1v) is 7.17. The topological polar surface area (TPSA) is 55.8 Å². The van der Waals surface area contributed by atoms with Crippen LogP contribution in [-0.2, 0) is 6.61 Å². The highest BCUT2D eigenvalue weighted by Crippen LogP contribution is 2.24. The highest BCUT2D eigenvalue weighted by atomic mass is 16.6. The van der Waals surface area contributed by atoms with Crippen LogP contribution in [0.1, 0.15) is 22.8 Å². The van der Waals surface area contributed by atoms with E-state index in [1.165, 1.54) is 17.9 Å². The number of hydrogen-bond donors (Lipinski definition) is 0. The number of benzene rings is 2. The molecular formula is C18H19NO4. The monoisotopic (exact) mass is 313 g/mol. The first-order valence-electron chi connectivity index (χ1n) is 7.17. The van der Waals surface area contributed by atoms with Gasteiger partial charge in [0.15, 0.2) is 5.78 Å². The van der Waals surface area contributed by atoms with E-state index in [1.807, 2.05) is 30.3 Å². The molecule has 2 aromatic rings. The minimum absolute atomic E-state index is 0.127. The van der Waals surface area contributed by atoms with Crippen LogP contribution in [0.3, 0.4) is 0 Å². The molecule has 23 heavy (non-hydrogen) atoms. The van der Waals surface area contributed by atoms with E-state index in [1.54, 1.807) is 26.2 Å². The number of Topliss-reactive ketones (excluding diaryl/α,β-unsaturated/α-hetero) is 1. The van der Waals surface area contributed by atoms with Crippen LogP contribution in [0.2, 0.25) is 0 Å². The number of carbonyl (C=O) groups is 2. The second-order valence-corrected chi connectivity index (χ2v) is 5.29. The molecule has 1 amide bonds. The van der Waals surface area contributed by atoms with Gasteiger partial charge in [0.2, 0.25) is 0 Å². The summed E-state index contributed by atoms with van der Waals surface area (Å²) in [6.07, 6.45) is -0.514. The van der Waals surface area contributed by atoms with Gasteiger partial charge in [-0.3, -0.25) is 4.79 Å². The average molecular weight is 313 g/mol. The molecule has 0 saturated heterocycles. The molecule has 0 aliphatic heterocycles. The minimum atomic E-state index is -0.514. The van der Waals surface area contributed by atoms with Crippen molar-refractivity contribution < 1.29 is 19.1 Å². The summed E-state index contributed by atoms with van der Waals surface area (Å²) in [4.78, 5) is 24.6. The quantitative estimate of drug-likeness (QED) is 0.792. The third-order valence-corrected chi connectivity index (χ3v) is 3.11. The molecule has 0 aromatic heterocycles. The van der Waals surface area contributed by atoms with E-state index in [4.69, 9.17) is 9.47 Å². The van der Waals surface area contributed by atoms with Crippen LogP contribution >= 0.6 is 0 Å². The number of rotatable bonds is 5. The van der Waals surface area contributed by atoms with Gasteiger partial charge in [0.1, 0.15) is 18.1 Å². The van der Waals surface area contributed by atoms with Gasteiger partial charge in [0.05, 0.1) is 0 Å². The van der Waals surface area contributed by atoms with Gasteiger partial charge >= 0.3 is 6.09 Å². The molecule has 0 heterocycles. The maximum Gasteiger partial charge on any atom is 0.414 e. The Morgan fingerprint density at radius 3 is 2.26 bits per heavy atom. The van der Waals surface area contributed by atoms with Gasteiger partial charge in [-0.1, -0.05) is 30.3 Å². The number of nitrogens with zero attached hydrogens (tertiary/aromatic N) is 1. The van der Waals surface area contributed by atoms with Crippen LogP contribution in [0.5, 0.6) is 11.5 Å². The number of ketones is 1. The molecule has 0 bridgehead atoms. The molecule has 0 fully saturated rings. The number of ether oxygens (including phenoxy) is 2. The number of carbonyl (C=O) groups excluding carboxylic acids is 2. The Morgan fingerprint density at radius 1 is 1.00 bits per heavy atom. The zero-order chi connectivity index (χ0) is 16.8. The summed E-state index contributed by atoms with van der Waals surface area (Å²) < 4.78 is 10.9. The highest BCUT2D eigenvalue weighted by Gasteiger charge is 2.11. The molecule has 5 heteroatoms. The van der Waals surface area contributed by atoms with Crippen LogP contribution in [0, 0.1) is 0 Å². The van der Waals surface area contributed by atoms with E-state index in [0.29, 0.717) is 17.9 Å². The summed E-state index contributed by atoms with van der Waals surface area (Å²) in [6, 6.07) is 14.4. The van der Waals surface area contributed by atoms with E-state index >= 15 is 0 Å². The standard InChI is InChI=1S/C18H19NO4/c1-13(20)15-9-16(22-12-14-7-5-4-6-8-14)11-17(10-15)23-18(21)19(2)3/h4-11H,12H2,1-3H3. The molecule has 0 saturated carbocycles. The van der Waals surface area contributed by atoms with E-state index in [0.717, 1.165) is 5.56 Å².